The predicted octanol–water partition coefficient (Wildman–Crippen LogP) is 3.12. The van der Waals surface area contributed by atoms with E-state index in [0.717, 1.165) is 12.1 Å². The van der Waals surface area contributed by atoms with Crippen LogP contribution in [0.3, 0.4) is 0 Å². The van der Waals surface area contributed by atoms with Crippen molar-refractivity contribution in [3.8, 4) is 0 Å². The first-order valence-corrected chi connectivity index (χ1v) is 7.31. The maximum atomic E-state index is 13.4. The van der Waals surface area contributed by atoms with Crippen LogP contribution in [0.5, 0.6) is 0 Å². The number of carbonyl (C=O) groups excluding carboxylic acids is 1. The lowest BCUT2D eigenvalue weighted by atomic mass is 9.97. The van der Waals surface area contributed by atoms with Gasteiger partial charge in [-0.3, -0.25) is 4.90 Å². The summed E-state index contributed by atoms with van der Waals surface area (Å²) in [5.74, 6) is -0.430. The van der Waals surface area contributed by atoms with E-state index >= 15 is 0 Å². The van der Waals surface area contributed by atoms with Crippen molar-refractivity contribution in [2.75, 3.05) is 11.4 Å². The van der Waals surface area contributed by atoms with Crippen molar-refractivity contribution in [2.24, 2.45) is 0 Å². The average molecular weight is 306 g/mol. The van der Waals surface area contributed by atoms with E-state index < -0.39 is 17.6 Å². The second-order valence-corrected chi connectivity index (χ2v) is 6.59. The molecule has 0 aromatic carbocycles. The van der Waals surface area contributed by atoms with Crippen LogP contribution in [0.25, 0.3) is 5.65 Å². The first-order chi connectivity index (χ1) is 10.3. The Labute approximate surface area is 127 Å². The number of hydrogen-bond donors (Lipinski definition) is 0. The number of halogens is 1. The molecule has 1 aliphatic rings. The summed E-state index contributed by atoms with van der Waals surface area (Å²) in [5, 5.41) is 3.85. The number of rotatable bonds is 0. The van der Waals surface area contributed by atoms with Gasteiger partial charge in [0.05, 0.1) is 17.6 Å². The lowest BCUT2D eigenvalue weighted by Crippen LogP contribution is -2.41. The molecular formula is C15H19FN4O2. The van der Waals surface area contributed by atoms with Crippen molar-refractivity contribution < 1.29 is 13.9 Å². The van der Waals surface area contributed by atoms with Gasteiger partial charge in [0, 0.05) is 18.5 Å². The average Bonchev–Trinajstić information content (AvgIpc) is 2.76. The Balaban J connectivity index is 2.07. The van der Waals surface area contributed by atoms with Gasteiger partial charge in [-0.2, -0.15) is 4.39 Å². The van der Waals surface area contributed by atoms with E-state index in [1.165, 1.54) is 10.6 Å². The lowest BCUT2D eigenvalue weighted by molar-refractivity contribution is 0.0576. The number of anilines is 1. The number of nitrogens with zero attached hydrogens (tertiary/aromatic N) is 4. The molecule has 0 fully saturated rings. The van der Waals surface area contributed by atoms with E-state index in [9.17, 15) is 9.18 Å². The molecule has 1 aliphatic heterocycles. The highest BCUT2D eigenvalue weighted by Crippen LogP contribution is 2.35. The third-order valence-electron chi connectivity index (χ3n) is 3.63. The van der Waals surface area contributed by atoms with E-state index in [1.54, 1.807) is 11.1 Å². The maximum absolute atomic E-state index is 13.4. The van der Waals surface area contributed by atoms with Gasteiger partial charge in [-0.1, -0.05) is 6.92 Å². The molecule has 6 nitrogen and oxygen atoms in total. The van der Waals surface area contributed by atoms with Gasteiger partial charge in [-0.25, -0.2) is 14.3 Å². The molecule has 0 saturated heterocycles. The molecule has 3 rings (SSSR count). The van der Waals surface area contributed by atoms with Crippen LogP contribution in [0, 0.1) is 5.95 Å². The van der Waals surface area contributed by atoms with Gasteiger partial charge in [-0.05, 0) is 27.2 Å². The van der Waals surface area contributed by atoms with Crippen molar-refractivity contribution in [3.05, 3.63) is 23.9 Å². The monoisotopic (exact) mass is 306 g/mol. The molecule has 0 saturated carbocycles. The summed E-state index contributed by atoms with van der Waals surface area (Å²) in [7, 11) is 0. The number of hydrogen-bond acceptors (Lipinski definition) is 4. The van der Waals surface area contributed by atoms with Crippen LogP contribution in [0.2, 0.25) is 0 Å². The first-order valence-electron chi connectivity index (χ1n) is 7.31. The topological polar surface area (TPSA) is 59.7 Å². The molecule has 2 aromatic heterocycles. The number of carbonyl (C=O) groups is 1. The predicted molar refractivity (Wildman–Crippen MR) is 79.6 cm³/mol. The molecule has 1 atom stereocenters. The number of aromatic nitrogens is 3. The zero-order valence-electron chi connectivity index (χ0n) is 13.1. The van der Waals surface area contributed by atoms with Gasteiger partial charge in [0.2, 0.25) is 5.95 Å². The quantitative estimate of drug-likeness (QED) is 0.750. The van der Waals surface area contributed by atoms with Gasteiger partial charge in [0.15, 0.2) is 5.65 Å². The molecule has 0 N–H and O–H groups in total. The van der Waals surface area contributed by atoms with Crippen molar-refractivity contribution in [1.29, 1.82) is 0 Å². The van der Waals surface area contributed by atoms with E-state index in [4.69, 9.17) is 4.74 Å². The second-order valence-electron chi connectivity index (χ2n) is 6.59. The molecule has 0 radical (unpaired) electrons. The summed E-state index contributed by atoms with van der Waals surface area (Å²) >= 11 is 0. The highest BCUT2D eigenvalue weighted by Gasteiger charge is 2.32. The molecule has 118 valence electrons. The molecule has 0 aliphatic carbocycles. The van der Waals surface area contributed by atoms with Crippen molar-refractivity contribution >= 4 is 17.4 Å². The molecular weight excluding hydrogens is 287 g/mol. The van der Waals surface area contributed by atoms with Crippen LogP contribution in [0.4, 0.5) is 14.9 Å². The van der Waals surface area contributed by atoms with E-state index in [2.05, 4.69) is 10.1 Å². The van der Waals surface area contributed by atoms with Crippen LogP contribution in [-0.4, -0.2) is 32.8 Å². The number of fused-ring (bicyclic) bond motifs is 3. The highest BCUT2D eigenvalue weighted by atomic mass is 19.1. The molecule has 2 aromatic rings. The van der Waals surface area contributed by atoms with Gasteiger partial charge >= 0.3 is 6.09 Å². The Hall–Kier alpha value is -2.18. The Kier molecular flexibility index (Phi) is 3.30. The Bertz CT molecular complexity index is 735. The molecule has 7 heteroatoms. The normalized spacial score (nSPS) is 18.4. The van der Waals surface area contributed by atoms with Gasteiger partial charge in [0.25, 0.3) is 0 Å². The Morgan fingerprint density at radius 2 is 2.18 bits per heavy atom. The first kappa shape index (κ1) is 14.7. The van der Waals surface area contributed by atoms with E-state index in [-0.39, 0.29) is 5.92 Å². The zero-order valence-corrected chi connectivity index (χ0v) is 13.1. The fraction of sp³-hybridized carbons (Fsp3) is 0.533. The standard InChI is InChI=1S/C15H19FN4O2/c1-9-5-6-19(14(21)22-15(2,3)4)10-8-17-12-7-11(16)18-20(12)13(9)10/h7-9H,5-6H2,1-4H3. The summed E-state index contributed by atoms with van der Waals surface area (Å²) in [6.45, 7) is 8.04. The van der Waals surface area contributed by atoms with E-state index in [0.29, 0.717) is 17.9 Å². The molecule has 3 heterocycles. The minimum absolute atomic E-state index is 0.151. The van der Waals surface area contributed by atoms with Crippen LogP contribution < -0.4 is 4.90 Å². The fourth-order valence-corrected chi connectivity index (χ4v) is 2.67. The molecule has 1 amide bonds. The summed E-state index contributed by atoms with van der Waals surface area (Å²) < 4.78 is 20.3. The summed E-state index contributed by atoms with van der Waals surface area (Å²) in [5.41, 5.74) is 1.28. The zero-order chi connectivity index (χ0) is 16.1. The fourth-order valence-electron chi connectivity index (χ4n) is 2.67. The highest BCUT2D eigenvalue weighted by molar-refractivity contribution is 5.89. The van der Waals surface area contributed by atoms with Gasteiger partial charge in [-0.15, -0.1) is 5.10 Å². The molecule has 0 spiro atoms. The lowest BCUT2D eigenvalue weighted by Gasteiger charge is -2.33. The van der Waals surface area contributed by atoms with Crippen LogP contribution in [0.1, 0.15) is 45.7 Å². The van der Waals surface area contributed by atoms with Crippen LogP contribution >= 0.6 is 0 Å². The third-order valence-corrected chi connectivity index (χ3v) is 3.63. The summed E-state index contributed by atoms with van der Waals surface area (Å²) in [6.07, 6.45) is 1.92. The van der Waals surface area contributed by atoms with Crippen molar-refractivity contribution in [1.82, 2.24) is 14.6 Å². The largest absolute Gasteiger partial charge is 0.443 e. The van der Waals surface area contributed by atoms with E-state index in [1.807, 2.05) is 27.7 Å². The molecule has 1 unspecified atom stereocenters. The van der Waals surface area contributed by atoms with Crippen molar-refractivity contribution in [2.45, 2.75) is 45.6 Å². The van der Waals surface area contributed by atoms with Crippen LogP contribution in [-0.2, 0) is 4.74 Å². The van der Waals surface area contributed by atoms with Gasteiger partial charge in [0.1, 0.15) is 5.60 Å². The second kappa shape index (κ2) is 4.93. The third kappa shape index (κ3) is 2.51. The summed E-state index contributed by atoms with van der Waals surface area (Å²) in [4.78, 5) is 18.1. The number of ether oxygens (including phenoxy) is 1. The smallest absolute Gasteiger partial charge is 0.414 e. The van der Waals surface area contributed by atoms with Gasteiger partial charge < -0.3 is 4.74 Å². The van der Waals surface area contributed by atoms with Crippen LogP contribution in [0.15, 0.2) is 12.3 Å². The number of amides is 1. The Morgan fingerprint density at radius 3 is 2.86 bits per heavy atom. The van der Waals surface area contributed by atoms with Crippen molar-refractivity contribution in [3.63, 3.8) is 0 Å². The molecule has 22 heavy (non-hydrogen) atoms. The molecule has 0 bridgehead atoms. The Morgan fingerprint density at radius 1 is 1.45 bits per heavy atom. The minimum Gasteiger partial charge on any atom is -0.443 e. The summed E-state index contributed by atoms with van der Waals surface area (Å²) in [6, 6.07) is 1.28. The minimum atomic E-state index is -0.581. The SMILES string of the molecule is CC1CCN(C(=O)OC(C)(C)C)c2cnc3cc(F)nn3c21. The maximum Gasteiger partial charge on any atom is 0.414 e.